The lowest BCUT2D eigenvalue weighted by Gasteiger charge is -2.14. The minimum Gasteiger partial charge on any atom is -0.378 e. The maximum atomic E-state index is 11.3. The van der Waals surface area contributed by atoms with Crippen LogP contribution in [-0.2, 0) is 4.79 Å². The molecule has 106 valence electrons. The molecule has 0 aliphatic carbocycles. The van der Waals surface area contributed by atoms with Crippen LogP contribution in [0.3, 0.4) is 0 Å². The smallest absolute Gasteiger partial charge is 0.238 e. The number of amides is 1. The van der Waals surface area contributed by atoms with E-state index in [1.54, 1.807) is 0 Å². The molecule has 0 saturated heterocycles. The van der Waals surface area contributed by atoms with Crippen molar-refractivity contribution in [3.8, 4) is 17.2 Å². The molecule has 0 heterocycles. The van der Waals surface area contributed by atoms with Gasteiger partial charge in [0.25, 0.3) is 0 Å². The van der Waals surface area contributed by atoms with Crippen LogP contribution in [-0.4, -0.2) is 20.0 Å². The summed E-state index contributed by atoms with van der Waals surface area (Å²) in [6, 6.07) is 17.7. The Balaban J connectivity index is 2.17. The van der Waals surface area contributed by atoms with Crippen LogP contribution in [0.15, 0.2) is 48.5 Å². The van der Waals surface area contributed by atoms with Crippen LogP contribution < -0.4 is 10.2 Å². The van der Waals surface area contributed by atoms with Crippen molar-refractivity contribution in [3.63, 3.8) is 0 Å². The SMILES string of the molecule is CN(C)c1cccc(-c2ccc(NC(=O)CC#N)cc2)c1. The highest BCUT2D eigenvalue weighted by molar-refractivity contribution is 5.92. The van der Waals surface area contributed by atoms with E-state index in [9.17, 15) is 4.79 Å². The molecule has 2 aromatic rings. The van der Waals surface area contributed by atoms with Crippen LogP contribution in [0.2, 0.25) is 0 Å². The van der Waals surface area contributed by atoms with Gasteiger partial charge in [-0.2, -0.15) is 5.26 Å². The number of anilines is 2. The molecule has 0 spiro atoms. The van der Waals surface area contributed by atoms with Crippen molar-refractivity contribution in [2.45, 2.75) is 6.42 Å². The Morgan fingerprint density at radius 2 is 1.86 bits per heavy atom. The van der Waals surface area contributed by atoms with Crippen LogP contribution in [0.4, 0.5) is 11.4 Å². The van der Waals surface area contributed by atoms with E-state index in [1.807, 2.05) is 50.5 Å². The van der Waals surface area contributed by atoms with Gasteiger partial charge in [0, 0.05) is 25.5 Å². The summed E-state index contributed by atoms with van der Waals surface area (Å²) < 4.78 is 0. The zero-order valence-corrected chi connectivity index (χ0v) is 12.1. The Hall–Kier alpha value is -2.80. The molecule has 1 N–H and O–H groups in total. The third kappa shape index (κ3) is 3.83. The molecular weight excluding hydrogens is 262 g/mol. The molecule has 0 atom stereocenters. The first-order chi connectivity index (χ1) is 10.1. The lowest BCUT2D eigenvalue weighted by atomic mass is 10.0. The molecular formula is C17H17N3O. The first kappa shape index (κ1) is 14.6. The van der Waals surface area contributed by atoms with Gasteiger partial charge in [0.15, 0.2) is 0 Å². The van der Waals surface area contributed by atoms with E-state index >= 15 is 0 Å². The van der Waals surface area contributed by atoms with E-state index in [2.05, 4.69) is 28.4 Å². The molecule has 2 rings (SSSR count). The third-order valence-corrected chi connectivity index (χ3v) is 3.10. The Labute approximate surface area is 124 Å². The average molecular weight is 279 g/mol. The van der Waals surface area contributed by atoms with Crippen molar-refractivity contribution >= 4 is 17.3 Å². The predicted molar refractivity (Wildman–Crippen MR) is 85.1 cm³/mol. The standard InChI is InChI=1S/C17H17N3O/c1-20(2)16-5-3-4-14(12-16)13-6-8-15(9-7-13)19-17(21)10-11-18/h3-9,12H,10H2,1-2H3,(H,19,21). The molecule has 0 aliphatic heterocycles. The first-order valence-corrected chi connectivity index (χ1v) is 6.65. The summed E-state index contributed by atoms with van der Waals surface area (Å²) in [6.07, 6.45) is -0.132. The number of carbonyl (C=O) groups is 1. The summed E-state index contributed by atoms with van der Waals surface area (Å²) in [5.41, 5.74) is 4.04. The van der Waals surface area contributed by atoms with E-state index in [0.717, 1.165) is 16.8 Å². The molecule has 4 nitrogen and oxygen atoms in total. The minimum absolute atomic E-state index is 0.132. The van der Waals surface area contributed by atoms with Crippen molar-refractivity contribution in [2.75, 3.05) is 24.3 Å². The van der Waals surface area contributed by atoms with Gasteiger partial charge < -0.3 is 10.2 Å². The maximum absolute atomic E-state index is 11.3. The topological polar surface area (TPSA) is 56.1 Å². The van der Waals surface area contributed by atoms with Crippen LogP contribution in [0.1, 0.15) is 6.42 Å². The lowest BCUT2D eigenvalue weighted by Crippen LogP contribution is -2.09. The maximum Gasteiger partial charge on any atom is 0.238 e. The van der Waals surface area contributed by atoms with Gasteiger partial charge in [-0.05, 0) is 35.4 Å². The molecule has 0 aromatic heterocycles. The molecule has 0 aliphatic rings. The highest BCUT2D eigenvalue weighted by Gasteiger charge is 2.03. The second-order valence-electron chi connectivity index (χ2n) is 4.91. The summed E-state index contributed by atoms with van der Waals surface area (Å²) in [6.45, 7) is 0. The summed E-state index contributed by atoms with van der Waals surface area (Å²) in [5.74, 6) is -0.292. The number of nitriles is 1. The molecule has 1 amide bonds. The molecule has 2 aromatic carbocycles. The van der Waals surface area contributed by atoms with E-state index in [4.69, 9.17) is 5.26 Å². The van der Waals surface area contributed by atoms with E-state index in [1.165, 1.54) is 0 Å². The molecule has 21 heavy (non-hydrogen) atoms. The van der Waals surface area contributed by atoms with Gasteiger partial charge in [-0.25, -0.2) is 0 Å². The van der Waals surface area contributed by atoms with Crippen LogP contribution in [0.25, 0.3) is 11.1 Å². The van der Waals surface area contributed by atoms with E-state index in [0.29, 0.717) is 5.69 Å². The van der Waals surface area contributed by atoms with Crippen molar-refractivity contribution in [3.05, 3.63) is 48.5 Å². The summed E-state index contributed by atoms with van der Waals surface area (Å²) in [5, 5.41) is 11.1. The highest BCUT2D eigenvalue weighted by atomic mass is 16.1. The molecule has 0 bridgehead atoms. The Kier molecular flexibility index (Phi) is 4.57. The van der Waals surface area contributed by atoms with Crippen molar-refractivity contribution in [2.24, 2.45) is 0 Å². The summed E-state index contributed by atoms with van der Waals surface area (Å²) in [7, 11) is 4.01. The molecule has 0 radical (unpaired) electrons. The fraction of sp³-hybridized carbons (Fsp3) is 0.176. The van der Waals surface area contributed by atoms with Crippen molar-refractivity contribution in [1.82, 2.24) is 0 Å². The summed E-state index contributed by atoms with van der Waals surface area (Å²) in [4.78, 5) is 13.4. The van der Waals surface area contributed by atoms with Gasteiger partial charge in [-0.3, -0.25) is 4.79 Å². The van der Waals surface area contributed by atoms with Crippen molar-refractivity contribution < 1.29 is 4.79 Å². The molecule has 0 fully saturated rings. The number of hydrogen-bond donors (Lipinski definition) is 1. The average Bonchev–Trinajstić information content (AvgIpc) is 2.48. The Morgan fingerprint density at radius 1 is 1.14 bits per heavy atom. The fourth-order valence-corrected chi connectivity index (χ4v) is 1.99. The van der Waals surface area contributed by atoms with Gasteiger partial charge in [-0.15, -0.1) is 0 Å². The van der Waals surface area contributed by atoms with E-state index < -0.39 is 0 Å². The molecule has 0 saturated carbocycles. The van der Waals surface area contributed by atoms with Crippen molar-refractivity contribution in [1.29, 1.82) is 5.26 Å². The van der Waals surface area contributed by atoms with Gasteiger partial charge in [0.05, 0.1) is 6.07 Å². The fourth-order valence-electron chi connectivity index (χ4n) is 1.99. The number of benzene rings is 2. The van der Waals surface area contributed by atoms with Crippen LogP contribution >= 0.6 is 0 Å². The first-order valence-electron chi connectivity index (χ1n) is 6.65. The Bertz CT molecular complexity index is 669. The monoisotopic (exact) mass is 279 g/mol. The largest absolute Gasteiger partial charge is 0.378 e. The number of nitrogens with zero attached hydrogens (tertiary/aromatic N) is 2. The zero-order chi connectivity index (χ0) is 15.2. The number of nitrogens with one attached hydrogen (secondary N) is 1. The van der Waals surface area contributed by atoms with Crippen LogP contribution in [0.5, 0.6) is 0 Å². The molecule has 4 heteroatoms. The van der Waals surface area contributed by atoms with E-state index in [-0.39, 0.29) is 12.3 Å². The van der Waals surface area contributed by atoms with Gasteiger partial charge in [0.2, 0.25) is 5.91 Å². The summed E-state index contributed by atoms with van der Waals surface area (Å²) >= 11 is 0. The molecule has 0 unspecified atom stereocenters. The van der Waals surface area contributed by atoms with Gasteiger partial charge in [0.1, 0.15) is 6.42 Å². The lowest BCUT2D eigenvalue weighted by molar-refractivity contribution is -0.115. The van der Waals surface area contributed by atoms with Gasteiger partial charge >= 0.3 is 0 Å². The third-order valence-electron chi connectivity index (χ3n) is 3.10. The zero-order valence-electron chi connectivity index (χ0n) is 12.1. The quantitative estimate of drug-likeness (QED) is 0.934. The predicted octanol–water partition coefficient (Wildman–Crippen LogP) is 3.27. The second kappa shape index (κ2) is 6.58. The second-order valence-corrected chi connectivity index (χ2v) is 4.91. The normalized spacial score (nSPS) is 9.76. The number of hydrogen-bond acceptors (Lipinski definition) is 3. The number of carbonyl (C=O) groups excluding carboxylic acids is 1. The van der Waals surface area contributed by atoms with Crippen LogP contribution in [0, 0.1) is 11.3 Å². The highest BCUT2D eigenvalue weighted by Crippen LogP contribution is 2.25. The van der Waals surface area contributed by atoms with Gasteiger partial charge in [-0.1, -0.05) is 24.3 Å². The number of rotatable bonds is 4. The Morgan fingerprint density at radius 3 is 2.48 bits per heavy atom. The minimum atomic E-state index is -0.292.